The van der Waals surface area contributed by atoms with Crippen LogP contribution in [-0.4, -0.2) is 39.6 Å². The van der Waals surface area contributed by atoms with Crippen LogP contribution in [-0.2, 0) is 0 Å². The van der Waals surface area contributed by atoms with E-state index in [0.717, 1.165) is 42.9 Å². The Morgan fingerprint density at radius 3 is 2.59 bits per heavy atom. The number of nitrogens with one attached hydrogen (secondary N) is 3. The number of halogens is 1. The second kappa shape index (κ2) is 10.1. The van der Waals surface area contributed by atoms with Crippen molar-refractivity contribution < 1.29 is 0 Å². The van der Waals surface area contributed by atoms with Gasteiger partial charge in [-0.3, -0.25) is 14.9 Å². The SMILES string of the molecule is CC(C)(C)N1CCC(N2C=C([C@@H](Nc3cc(Cl)c4ncc(C#N)c(N)c4c3)c3ccccc3)NN2)CC1. The van der Waals surface area contributed by atoms with Gasteiger partial charge in [0.15, 0.2) is 0 Å². The maximum absolute atomic E-state index is 9.39. The van der Waals surface area contributed by atoms with Gasteiger partial charge in [-0.1, -0.05) is 41.9 Å². The number of benzene rings is 2. The van der Waals surface area contributed by atoms with Gasteiger partial charge in [-0.05, 0) is 51.3 Å². The van der Waals surface area contributed by atoms with Gasteiger partial charge >= 0.3 is 0 Å². The lowest BCUT2D eigenvalue weighted by Crippen LogP contribution is -2.52. The number of likely N-dealkylation sites (tertiary alicyclic amines) is 1. The van der Waals surface area contributed by atoms with Gasteiger partial charge in [0.05, 0.1) is 33.5 Å². The van der Waals surface area contributed by atoms with Crippen LogP contribution in [0.2, 0.25) is 5.02 Å². The van der Waals surface area contributed by atoms with E-state index < -0.39 is 0 Å². The summed E-state index contributed by atoms with van der Waals surface area (Å²) in [5, 5.41) is 16.3. The molecule has 5 rings (SSSR count). The molecule has 1 aromatic heterocycles. The highest BCUT2D eigenvalue weighted by atomic mass is 35.5. The van der Waals surface area contributed by atoms with E-state index in [1.54, 1.807) is 0 Å². The van der Waals surface area contributed by atoms with Crippen molar-refractivity contribution in [3.8, 4) is 6.07 Å². The van der Waals surface area contributed by atoms with E-state index in [1.165, 1.54) is 6.20 Å². The highest BCUT2D eigenvalue weighted by Gasteiger charge is 2.32. The number of piperidine rings is 1. The number of hydrazine groups is 2. The monoisotopic (exact) mass is 516 g/mol. The Hall–Kier alpha value is -3.51. The number of nitrogen functional groups attached to an aromatic ring is 1. The molecular weight excluding hydrogens is 484 g/mol. The van der Waals surface area contributed by atoms with E-state index in [-0.39, 0.29) is 11.6 Å². The minimum atomic E-state index is -0.171. The highest BCUT2D eigenvalue weighted by Crippen LogP contribution is 2.35. The average molecular weight is 517 g/mol. The first kappa shape index (κ1) is 25.2. The number of hydrogen-bond donors (Lipinski definition) is 4. The zero-order valence-electron chi connectivity index (χ0n) is 21.4. The summed E-state index contributed by atoms with van der Waals surface area (Å²) in [7, 11) is 0. The number of nitrogens with two attached hydrogens (primary N) is 1. The summed E-state index contributed by atoms with van der Waals surface area (Å²) in [5.41, 5.74) is 17.4. The summed E-state index contributed by atoms with van der Waals surface area (Å²) in [6.45, 7) is 8.99. The quantitative estimate of drug-likeness (QED) is 0.378. The Morgan fingerprint density at radius 2 is 1.92 bits per heavy atom. The molecule has 0 saturated carbocycles. The Morgan fingerprint density at radius 1 is 1.19 bits per heavy atom. The van der Waals surface area contributed by atoms with E-state index in [4.69, 9.17) is 17.3 Å². The van der Waals surface area contributed by atoms with Crippen LogP contribution in [0.5, 0.6) is 0 Å². The van der Waals surface area contributed by atoms with E-state index in [2.05, 4.69) is 76.3 Å². The summed E-state index contributed by atoms with van der Waals surface area (Å²) < 4.78 is 0. The second-order valence-electron chi connectivity index (χ2n) is 10.7. The molecule has 0 unspecified atom stereocenters. The third-order valence-corrected chi connectivity index (χ3v) is 7.54. The number of rotatable bonds is 5. The average Bonchev–Trinajstić information content (AvgIpc) is 3.38. The fourth-order valence-electron chi connectivity index (χ4n) is 5.11. The van der Waals surface area contributed by atoms with Crippen molar-refractivity contribution in [2.45, 2.75) is 51.2 Å². The molecule has 0 radical (unpaired) electrons. The van der Waals surface area contributed by atoms with Crippen LogP contribution in [0.15, 0.2) is 60.6 Å². The lowest BCUT2D eigenvalue weighted by molar-refractivity contribution is 0.0570. The molecule has 1 atom stereocenters. The summed E-state index contributed by atoms with van der Waals surface area (Å²) in [6.07, 6.45) is 5.80. The van der Waals surface area contributed by atoms with E-state index in [9.17, 15) is 5.26 Å². The van der Waals surface area contributed by atoms with Crippen molar-refractivity contribution in [3.63, 3.8) is 0 Å². The van der Waals surface area contributed by atoms with Gasteiger partial charge in [-0.15, -0.1) is 5.53 Å². The van der Waals surface area contributed by atoms with Crippen molar-refractivity contribution in [2.75, 3.05) is 24.1 Å². The standard InChI is InChI=1S/C28H33ClN8/c1-28(2,3)36-11-9-21(10-12-36)37-17-24(34-35-37)26(18-7-5-4-6-8-18)33-20-13-22-25(31)19(15-30)16-32-27(22)23(29)14-20/h4-8,13-14,16-17,21,26,33-35H,9-12H2,1-3H3,(H2,31,32)/t26-/m0/s1. The molecule has 0 spiro atoms. The second-order valence-corrected chi connectivity index (χ2v) is 11.1. The molecule has 5 N–H and O–H groups in total. The normalized spacial score (nSPS) is 17.8. The lowest BCUT2D eigenvalue weighted by atomic mass is 9.98. The van der Waals surface area contributed by atoms with Gasteiger partial charge in [0.2, 0.25) is 0 Å². The first-order valence-corrected chi connectivity index (χ1v) is 13.0. The smallest absolute Gasteiger partial charge is 0.103 e. The Labute approximate surface area is 223 Å². The predicted molar refractivity (Wildman–Crippen MR) is 149 cm³/mol. The van der Waals surface area contributed by atoms with E-state index >= 15 is 0 Å². The number of aromatic nitrogens is 1. The maximum atomic E-state index is 9.39. The van der Waals surface area contributed by atoms with Crippen molar-refractivity contribution in [1.29, 1.82) is 5.26 Å². The molecule has 1 fully saturated rings. The predicted octanol–water partition coefficient (Wildman–Crippen LogP) is 4.92. The first-order chi connectivity index (χ1) is 17.7. The topological polar surface area (TPSA) is 105 Å². The number of nitriles is 1. The largest absolute Gasteiger partial charge is 0.397 e. The molecule has 192 valence electrons. The van der Waals surface area contributed by atoms with Crippen molar-refractivity contribution in [3.05, 3.63) is 76.7 Å². The van der Waals surface area contributed by atoms with Crippen LogP contribution in [0.1, 0.15) is 50.8 Å². The van der Waals surface area contributed by atoms with Gasteiger partial charge in [0.25, 0.3) is 0 Å². The van der Waals surface area contributed by atoms with Gasteiger partial charge in [0, 0.05) is 48.1 Å². The van der Waals surface area contributed by atoms with Crippen molar-refractivity contribution in [1.82, 2.24) is 25.9 Å². The van der Waals surface area contributed by atoms with Gasteiger partial charge < -0.3 is 16.5 Å². The zero-order valence-corrected chi connectivity index (χ0v) is 22.2. The summed E-state index contributed by atoms with van der Waals surface area (Å²) in [4.78, 5) is 6.89. The number of hydrogen-bond acceptors (Lipinski definition) is 8. The molecule has 0 aliphatic carbocycles. The molecule has 3 heterocycles. The van der Waals surface area contributed by atoms with Gasteiger partial charge in [-0.2, -0.15) is 5.26 Å². The number of fused-ring (bicyclic) bond motifs is 1. The van der Waals surface area contributed by atoms with Crippen molar-refractivity contribution in [2.24, 2.45) is 0 Å². The molecule has 2 aliphatic heterocycles. The molecule has 0 bridgehead atoms. The zero-order chi connectivity index (χ0) is 26.2. The van der Waals surface area contributed by atoms with Gasteiger partial charge in [-0.25, -0.2) is 0 Å². The Balaban J connectivity index is 1.43. The molecule has 9 heteroatoms. The minimum absolute atomic E-state index is 0.171. The van der Waals surface area contributed by atoms with E-state index in [1.807, 2.05) is 30.3 Å². The first-order valence-electron chi connectivity index (χ1n) is 12.6. The number of nitrogens with zero attached hydrogens (tertiary/aromatic N) is 4. The molecule has 2 aromatic carbocycles. The Kier molecular flexibility index (Phi) is 6.86. The molecule has 37 heavy (non-hydrogen) atoms. The number of anilines is 2. The number of pyridine rings is 1. The lowest BCUT2D eigenvalue weighted by Gasteiger charge is -2.42. The van der Waals surface area contributed by atoms with Crippen LogP contribution in [0.4, 0.5) is 11.4 Å². The van der Waals surface area contributed by atoms with Crippen molar-refractivity contribution >= 4 is 33.9 Å². The van der Waals surface area contributed by atoms with Crippen LogP contribution in [0, 0.1) is 11.3 Å². The molecule has 2 aliphatic rings. The van der Waals surface area contributed by atoms with Crippen LogP contribution in [0.3, 0.4) is 0 Å². The molecule has 1 saturated heterocycles. The van der Waals surface area contributed by atoms with E-state index in [0.29, 0.717) is 33.2 Å². The highest BCUT2D eigenvalue weighted by molar-refractivity contribution is 6.35. The fourth-order valence-corrected chi connectivity index (χ4v) is 5.37. The molecule has 3 aromatic rings. The Bertz CT molecular complexity index is 1350. The van der Waals surface area contributed by atoms with Gasteiger partial charge in [0.1, 0.15) is 6.07 Å². The third kappa shape index (κ3) is 5.16. The third-order valence-electron chi connectivity index (χ3n) is 7.26. The molecule has 8 nitrogen and oxygen atoms in total. The fraction of sp³-hybridized carbons (Fsp3) is 0.357. The maximum Gasteiger partial charge on any atom is 0.103 e. The molecule has 0 amide bonds. The summed E-state index contributed by atoms with van der Waals surface area (Å²) >= 11 is 6.59. The van der Waals surface area contributed by atoms with Crippen LogP contribution >= 0.6 is 11.6 Å². The van der Waals surface area contributed by atoms with Crippen LogP contribution < -0.4 is 22.0 Å². The summed E-state index contributed by atoms with van der Waals surface area (Å²) in [5.74, 6) is 0. The minimum Gasteiger partial charge on any atom is -0.397 e. The van der Waals surface area contributed by atoms with Crippen LogP contribution in [0.25, 0.3) is 10.9 Å². The summed E-state index contributed by atoms with van der Waals surface area (Å²) in [6, 6.07) is 16.3. The molecular formula is C28H33ClN8.